The first-order valence-corrected chi connectivity index (χ1v) is 9.71. The van der Waals surface area contributed by atoms with Gasteiger partial charge in [0.25, 0.3) is 0 Å². The van der Waals surface area contributed by atoms with E-state index in [4.69, 9.17) is 0 Å². The maximum Gasteiger partial charge on any atom is 0.0543 e. The quantitative estimate of drug-likeness (QED) is 0.336. The molecule has 4 N–H and O–H groups in total. The van der Waals surface area contributed by atoms with E-state index in [1.54, 1.807) is 11.8 Å². The van der Waals surface area contributed by atoms with Gasteiger partial charge in [0.05, 0.1) is 5.35 Å². The molecule has 0 atom stereocenters. The summed E-state index contributed by atoms with van der Waals surface area (Å²) < 4.78 is 0. The fourth-order valence-corrected chi connectivity index (χ4v) is 3.85. The summed E-state index contributed by atoms with van der Waals surface area (Å²) in [7, 11) is 0. The molecule has 0 radical (unpaired) electrons. The molecule has 5 heteroatoms. The van der Waals surface area contributed by atoms with Gasteiger partial charge >= 0.3 is 0 Å². The standard InChI is InChI=1S/C21H18N4S/c1-26-21-12-19-10-17-5-4-15(23-17)8-13-2-3-14(22-13)9-16-6-7-18(24-16)11-20(21)25-19/h2-12,22-25H,1H3. The Morgan fingerprint density at radius 1 is 0.577 bits per heavy atom. The first kappa shape index (κ1) is 15.2. The van der Waals surface area contributed by atoms with Crippen LogP contribution >= 0.6 is 11.8 Å². The minimum Gasteiger partial charge on any atom is -0.355 e. The van der Waals surface area contributed by atoms with Crippen molar-refractivity contribution in [2.75, 3.05) is 6.26 Å². The van der Waals surface area contributed by atoms with E-state index in [-0.39, 0.29) is 0 Å². The van der Waals surface area contributed by atoms with Crippen LogP contribution in [0.1, 0.15) is 22.8 Å². The van der Waals surface area contributed by atoms with Gasteiger partial charge in [0, 0.05) is 43.7 Å². The van der Waals surface area contributed by atoms with E-state index in [0.29, 0.717) is 0 Å². The normalized spacial score (nSPS) is 12.7. The predicted octanol–water partition coefficient (Wildman–Crippen LogP) is 1.35. The third-order valence-corrected chi connectivity index (χ3v) is 5.25. The van der Waals surface area contributed by atoms with Gasteiger partial charge in [-0.1, -0.05) is 0 Å². The molecule has 8 bridgehead atoms. The lowest BCUT2D eigenvalue weighted by Gasteiger charge is -1.90. The molecule has 4 nitrogen and oxygen atoms in total. The first-order chi connectivity index (χ1) is 12.7. The third-order valence-electron chi connectivity index (χ3n) is 4.48. The van der Waals surface area contributed by atoms with Gasteiger partial charge in [-0.2, -0.15) is 0 Å². The molecule has 128 valence electrons. The molecule has 26 heavy (non-hydrogen) atoms. The second-order valence-electron chi connectivity index (χ2n) is 6.39. The Kier molecular flexibility index (Phi) is 3.53. The lowest BCUT2D eigenvalue weighted by Crippen LogP contribution is -2.11. The zero-order chi connectivity index (χ0) is 17.5. The fraction of sp³-hybridized carbons (Fsp3) is 0.0476. The Balaban J connectivity index is 1.80. The van der Waals surface area contributed by atoms with Crippen molar-refractivity contribution < 1.29 is 0 Å². The minimum atomic E-state index is 1.07. The van der Waals surface area contributed by atoms with Crippen LogP contribution in [0.5, 0.6) is 0 Å². The molecule has 0 amide bonds. The second-order valence-corrected chi connectivity index (χ2v) is 7.24. The van der Waals surface area contributed by atoms with Gasteiger partial charge in [-0.3, -0.25) is 0 Å². The van der Waals surface area contributed by atoms with Crippen molar-refractivity contribution in [3.05, 3.63) is 86.6 Å². The van der Waals surface area contributed by atoms with Crippen LogP contribution in [-0.2, 0) is 0 Å². The predicted molar refractivity (Wildman–Crippen MR) is 108 cm³/mol. The molecule has 0 aromatic carbocycles. The van der Waals surface area contributed by atoms with E-state index in [0.717, 1.165) is 44.2 Å². The Morgan fingerprint density at radius 3 is 1.69 bits per heavy atom. The highest BCUT2D eigenvalue weighted by atomic mass is 32.2. The molecular weight excluding hydrogens is 340 g/mol. The van der Waals surface area contributed by atoms with Crippen LogP contribution in [0.4, 0.5) is 0 Å². The summed E-state index contributed by atoms with van der Waals surface area (Å²) in [5, 5.41) is 4.34. The molecule has 4 aromatic rings. The highest BCUT2D eigenvalue weighted by molar-refractivity contribution is 7.98. The van der Waals surface area contributed by atoms with E-state index in [2.05, 4.69) is 93.0 Å². The van der Waals surface area contributed by atoms with Crippen molar-refractivity contribution in [2.45, 2.75) is 4.90 Å². The highest BCUT2D eigenvalue weighted by Crippen LogP contribution is 2.09. The summed E-state index contributed by atoms with van der Waals surface area (Å²) in [6.45, 7) is 0. The van der Waals surface area contributed by atoms with Crippen molar-refractivity contribution in [1.29, 1.82) is 0 Å². The van der Waals surface area contributed by atoms with E-state index in [1.165, 1.54) is 4.90 Å². The van der Waals surface area contributed by atoms with Gasteiger partial charge in [-0.25, -0.2) is 0 Å². The summed E-state index contributed by atoms with van der Waals surface area (Å²) in [6.07, 6.45) is 10.6. The molecule has 0 saturated carbocycles. The van der Waals surface area contributed by atoms with Crippen LogP contribution in [0.15, 0.2) is 47.4 Å². The molecule has 0 saturated heterocycles. The third kappa shape index (κ3) is 2.86. The molecule has 1 aliphatic rings. The van der Waals surface area contributed by atoms with Crippen LogP contribution in [-0.4, -0.2) is 26.2 Å². The van der Waals surface area contributed by atoms with Crippen molar-refractivity contribution in [1.82, 2.24) is 19.9 Å². The number of H-pyrrole nitrogens is 4. The van der Waals surface area contributed by atoms with Crippen LogP contribution in [0.3, 0.4) is 0 Å². The van der Waals surface area contributed by atoms with Gasteiger partial charge in [0.2, 0.25) is 0 Å². The second kappa shape index (κ2) is 6.04. The SMILES string of the molecule is CSc1cc2[nH]c1=Cc1ccc([nH]1)C=c1ccc([nH]1)=Cc1ccc([nH]1)C=2. The molecule has 0 aliphatic carbocycles. The number of hydrogen-bond donors (Lipinski definition) is 4. The number of rotatable bonds is 1. The molecule has 5 heterocycles. The van der Waals surface area contributed by atoms with E-state index in [1.807, 2.05) is 0 Å². The molecule has 1 aliphatic heterocycles. The smallest absolute Gasteiger partial charge is 0.0543 e. The Hall–Kier alpha value is -3.05. The largest absolute Gasteiger partial charge is 0.355 e. The number of fused-ring (bicyclic) bond motifs is 8. The zero-order valence-corrected chi connectivity index (χ0v) is 15.1. The molecule has 0 spiro atoms. The molecule has 4 aromatic heterocycles. The van der Waals surface area contributed by atoms with Crippen molar-refractivity contribution in [2.24, 2.45) is 0 Å². The van der Waals surface area contributed by atoms with Gasteiger partial charge in [0.15, 0.2) is 0 Å². The van der Waals surface area contributed by atoms with Crippen LogP contribution in [0, 0.1) is 0 Å². The van der Waals surface area contributed by atoms with Gasteiger partial charge in [-0.05, 0) is 73.0 Å². The summed E-state index contributed by atoms with van der Waals surface area (Å²) >= 11 is 1.75. The zero-order valence-electron chi connectivity index (χ0n) is 14.3. The molecule has 5 rings (SSSR count). The topological polar surface area (TPSA) is 63.2 Å². The van der Waals surface area contributed by atoms with Crippen molar-refractivity contribution in [3.63, 3.8) is 0 Å². The Labute approximate surface area is 154 Å². The molecular formula is C21H18N4S. The number of thioether (sulfide) groups is 1. The van der Waals surface area contributed by atoms with Gasteiger partial charge < -0.3 is 19.9 Å². The van der Waals surface area contributed by atoms with Crippen molar-refractivity contribution >= 4 is 36.1 Å². The maximum absolute atomic E-state index is 3.51. The lowest BCUT2D eigenvalue weighted by molar-refractivity contribution is 1.21. The summed E-state index contributed by atoms with van der Waals surface area (Å²) in [4.78, 5) is 15.1. The van der Waals surface area contributed by atoms with Crippen LogP contribution < -0.4 is 21.4 Å². The Bertz CT molecular complexity index is 1330. The molecule has 0 unspecified atom stereocenters. The average molecular weight is 358 g/mol. The number of aromatic nitrogens is 4. The molecule has 0 fully saturated rings. The lowest BCUT2D eigenvalue weighted by atomic mass is 10.3. The van der Waals surface area contributed by atoms with Crippen LogP contribution in [0.2, 0.25) is 0 Å². The minimum absolute atomic E-state index is 1.07. The number of nitrogens with one attached hydrogen (secondary N) is 4. The number of hydrogen-bond acceptors (Lipinski definition) is 1. The van der Waals surface area contributed by atoms with E-state index < -0.39 is 0 Å². The van der Waals surface area contributed by atoms with Crippen molar-refractivity contribution in [3.8, 4) is 0 Å². The summed E-state index contributed by atoms with van der Waals surface area (Å²) in [5.41, 5.74) is 4.29. The average Bonchev–Trinajstić information content (AvgIpc) is 3.39. The highest BCUT2D eigenvalue weighted by Gasteiger charge is 2.01. The van der Waals surface area contributed by atoms with Crippen LogP contribution in [0.25, 0.3) is 24.3 Å². The monoisotopic (exact) mass is 358 g/mol. The van der Waals surface area contributed by atoms with Gasteiger partial charge in [0.1, 0.15) is 0 Å². The maximum atomic E-state index is 3.51. The van der Waals surface area contributed by atoms with E-state index >= 15 is 0 Å². The van der Waals surface area contributed by atoms with E-state index in [9.17, 15) is 0 Å². The summed E-state index contributed by atoms with van der Waals surface area (Å²) in [6, 6.07) is 14.8. The Morgan fingerprint density at radius 2 is 1.12 bits per heavy atom. The summed E-state index contributed by atoms with van der Waals surface area (Å²) in [5.74, 6) is 0. The first-order valence-electron chi connectivity index (χ1n) is 8.48. The van der Waals surface area contributed by atoms with Gasteiger partial charge in [-0.15, -0.1) is 11.8 Å². The number of aromatic amines is 4. The fourth-order valence-electron chi connectivity index (χ4n) is 3.28.